The highest BCUT2D eigenvalue weighted by Crippen LogP contribution is 2.68. The summed E-state index contributed by atoms with van der Waals surface area (Å²) in [5.41, 5.74) is 5.76. The third-order valence-corrected chi connectivity index (χ3v) is 10.8. The molecule has 0 aromatic heterocycles. The van der Waals surface area contributed by atoms with Gasteiger partial charge in [0.15, 0.2) is 0 Å². The van der Waals surface area contributed by atoms with Crippen molar-refractivity contribution in [1.29, 1.82) is 0 Å². The molecule has 4 rings (SSSR count). The Kier molecular flexibility index (Phi) is 6.78. The predicted octanol–water partition coefficient (Wildman–Crippen LogP) is 3.47. The molecular weight excluding hydrogens is 388 g/mol. The molecular formula is C26H46N2O3. The van der Waals surface area contributed by atoms with Crippen LogP contribution in [0.4, 0.5) is 0 Å². The van der Waals surface area contributed by atoms with E-state index in [9.17, 15) is 15.0 Å². The second kappa shape index (κ2) is 8.95. The maximum absolute atomic E-state index is 12.1. The number of nitrogens with two attached hydrogens (primary N) is 1. The van der Waals surface area contributed by atoms with E-state index in [-0.39, 0.29) is 28.9 Å². The Balaban J connectivity index is 1.47. The molecule has 0 bridgehead atoms. The van der Waals surface area contributed by atoms with Gasteiger partial charge in [0.1, 0.15) is 0 Å². The zero-order valence-electron chi connectivity index (χ0n) is 20.0. The van der Waals surface area contributed by atoms with Crippen molar-refractivity contribution < 1.29 is 15.0 Å². The summed E-state index contributed by atoms with van der Waals surface area (Å²) < 4.78 is 0. The molecule has 0 spiro atoms. The molecule has 0 saturated heterocycles. The van der Waals surface area contributed by atoms with Crippen LogP contribution in [0.1, 0.15) is 85.0 Å². The molecule has 10 atom stereocenters. The van der Waals surface area contributed by atoms with E-state index in [1.807, 2.05) is 0 Å². The van der Waals surface area contributed by atoms with Crippen molar-refractivity contribution in [3.05, 3.63) is 0 Å². The summed E-state index contributed by atoms with van der Waals surface area (Å²) in [4.78, 5) is 12.1. The summed E-state index contributed by atoms with van der Waals surface area (Å²) in [6.07, 6.45) is 9.96. The van der Waals surface area contributed by atoms with Crippen LogP contribution in [0.5, 0.6) is 0 Å². The van der Waals surface area contributed by atoms with E-state index >= 15 is 0 Å². The average Bonchev–Trinajstić information content (AvgIpc) is 3.10. The Hall–Kier alpha value is -0.650. The van der Waals surface area contributed by atoms with Gasteiger partial charge < -0.3 is 21.3 Å². The van der Waals surface area contributed by atoms with Crippen LogP contribution in [0.25, 0.3) is 0 Å². The lowest BCUT2D eigenvalue weighted by atomic mass is 9.43. The highest BCUT2D eigenvalue weighted by Gasteiger charge is 2.63. The van der Waals surface area contributed by atoms with Gasteiger partial charge >= 0.3 is 0 Å². The average molecular weight is 435 g/mol. The van der Waals surface area contributed by atoms with Crippen molar-refractivity contribution in [2.75, 3.05) is 13.1 Å². The molecule has 0 aromatic rings. The zero-order chi connectivity index (χ0) is 22.4. The Bertz CT molecular complexity index is 657. The number of amides is 1. The summed E-state index contributed by atoms with van der Waals surface area (Å²) in [5, 5.41) is 24.7. The summed E-state index contributed by atoms with van der Waals surface area (Å²) in [6, 6.07) is 0. The number of hydrogen-bond acceptors (Lipinski definition) is 4. The van der Waals surface area contributed by atoms with Gasteiger partial charge in [0.25, 0.3) is 0 Å². The van der Waals surface area contributed by atoms with Gasteiger partial charge in [-0.25, -0.2) is 0 Å². The minimum atomic E-state index is -0.248. The minimum absolute atomic E-state index is 0.0221. The molecule has 4 aliphatic rings. The van der Waals surface area contributed by atoms with E-state index in [0.717, 1.165) is 38.0 Å². The van der Waals surface area contributed by atoms with E-state index in [4.69, 9.17) is 5.73 Å². The van der Waals surface area contributed by atoms with Crippen LogP contribution < -0.4 is 11.1 Å². The predicted molar refractivity (Wildman–Crippen MR) is 123 cm³/mol. The molecule has 31 heavy (non-hydrogen) atoms. The van der Waals surface area contributed by atoms with E-state index < -0.39 is 0 Å². The molecule has 0 radical (unpaired) electrons. The molecule has 5 heteroatoms. The maximum atomic E-state index is 12.1. The normalized spacial score (nSPS) is 47.7. The van der Waals surface area contributed by atoms with Crippen LogP contribution in [-0.2, 0) is 4.79 Å². The van der Waals surface area contributed by atoms with E-state index in [1.54, 1.807) is 0 Å². The number of carbonyl (C=O) groups is 1. The highest BCUT2D eigenvalue weighted by atomic mass is 16.3. The van der Waals surface area contributed by atoms with Crippen molar-refractivity contribution in [1.82, 2.24) is 5.32 Å². The Labute approximate surface area is 188 Å². The quantitative estimate of drug-likeness (QED) is 0.515. The Morgan fingerprint density at radius 1 is 1.10 bits per heavy atom. The van der Waals surface area contributed by atoms with Gasteiger partial charge in [0, 0.05) is 19.5 Å². The van der Waals surface area contributed by atoms with Gasteiger partial charge in [-0.15, -0.1) is 0 Å². The largest absolute Gasteiger partial charge is 0.393 e. The van der Waals surface area contributed by atoms with Crippen LogP contribution >= 0.6 is 0 Å². The standard InChI is InChI=1S/C26H46N2O3/c1-16(4-9-24(31)28-13-12-27)20-7-8-21-19-6-5-17-14-18(29)10-11-25(17,2)22(19)15-23(30)26(20,21)3/h16-23,29-30H,4-15,27H2,1-3H3,(H,28,31)/t16-,17-,18-,19+,20?,21?,22?,23+,25+,26-/m1/s1. The lowest BCUT2D eigenvalue weighted by molar-refractivity contribution is -0.174. The first-order chi connectivity index (χ1) is 14.7. The molecule has 5 N–H and O–H groups in total. The summed E-state index contributed by atoms with van der Waals surface area (Å²) in [6.45, 7) is 8.19. The van der Waals surface area contributed by atoms with Crippen LogP contribution in [0, 0.1) is 46.3 Å². The highest BCUT2D eigenvalue weighted by molar-refractivity contribution is 5.75. The van der Waals surface area contributed by atoms with Crippen LogP contribution in [-0.4, -0.2) is 41.4 Å². The molecule has 5 nitrogen and oxygen atoms in total. The van der Waals surface area contributed by atoms with Gasteiger partial charge in [-0.3, -0.25) is 4.79 Å². The number of rotatable bonds is 6. The fourth-order valence-corrected chi connectivity index (χ4v) is 9.02. The number of aliphatic hydroxyl groups is 2. The van der Waals surface area contributed by atoms with Crippen molar-refractivity contribution in [2.45, 2.75) is 97.2 Å². The Morgan fingerprint density at radius 3 is 2.61 bits per heavy atom. The SMILES string of the molecule is C[C@H](CCC(=O)NCCN)C1CCC2[C@@H]3CC[C@@H]4C[C@H](O)CC[C@]4(C)C3C[C@H](O)[C@@]21C. The number of hydrogen-bond donors (Lipinski definition) is 4. The molecule has 3 unspecified atom stereocenters. The number of aliphatic hydroxyl groups excluding tert-OH is 2. The second-order valence-electron chi connectivity index (χ2n) is 12.0. The molecule has 1 amide bonds. The summed E-state index contributed by atoms with van der Waals surface area (Å²) in [7, 11) is 0. The number of nitrogens with one attached hydrogen (secondary N) is 1. The van der Waals surface area contributed by atoms with Crippen LogP contribution in [0.3, 0.4) is 0 Å². The van der Waals surface area contributed by atoms with Gasteiger partial charge in [0.2, 0.25) is 5.91 Å². The van der Waals surface area contributed by atoms with Crippen molar-refractivity contribution in [3.63, 3.8) is 0 Å². The fraction of sp³-hybridized carbons (Fsp3) is 0.962. The van der Waals surface area contributed by atoms with Gasteiger partial charge in [0.05, 0.1) is 12.2 Å². The molecule has 178 valence electrons. The molecule has 4 saturated carbocycles. The monoisotopic (exact) mass is 434 g/mol. The summed E-state index contributed by atoms with van der Waals surface area (Å²) >= 11 is 0. The zero-order valence-corrected chi connectivity index (χ0v) is 20.0. The third kappa shape index (κ3) is 3.97. The van der Waals surface area contributed by atoms with Crippen molar-refractivity contribution >= 4 is 5.91 Å². The molecule has 0 aromatic carbocycles. The number of carbonyl (C=O) groups excluding carboxylic acids is 1. The van der Waals surface area contributed by atoms with Crippen LogP contribution in [0.15, 0.2) is 0 Å². The van der Waals surface area contributed by atoms with Gasteiger partial charge in [-0.1, -0.05) is 20.8 Å². The second-order valence-corrected chi connectivity index (χ2v) is 12.0. The first-order valence-corrected chi connectivity index (χ1v) is 13.0. The maximum Gasteiger partial charge on any atom is 0.220 e. The number of fused-ring (bicyclic) bond motifs is 5. The lowest BCUT2D eigenvalue weighted by Gasteiger charge is -2.62. The third-order valence-electron chi connectivity index (χ3n) is 10.8. The molecule has 0 aliphatic heterocycles. The van der Waals surface area contributed by atoms with Crippen molar-refractivity contribution in [2.24, 2.45) is 52.1 Å². The van der Waals surface area contributed by atoms with Crippen LogP contribution in [0.2, 0.25) is 0 Å². The minimum Gasteiger partial charge on any atom is -0.393 e. The van der Waals surface area contributed by atoms with Gasteiger partial charge in [-0.2, -0.15) is 0 Å². The van der Waals surface area contributed by atoms with Gasteiger partial charge in [-0.05, 0) is 104 Å². The lowest BCUT2D eigenvalue weighted by Crippen LogP contribution is -2.58. The van der Waals surface area contributed by atoms with E-state index in [1.165, 1.54) is 25.7 Å². The van der Waals surface area contributed by atoms with Crippen molar-refractivity contribution in [3.8, 4) is 0 Å². The first-order valence-electron chi connectivity index (χ1n) is 13.0. The molecule has 4 fully saturated rings. The Morgan fingerprint density at radius 2 is 1.87 bits per heavy atom. The van der Waals surface area contributed by atoms with E-state index in [2.05, 4.69) is 26.1 Å². The molecule has 0 heterocycles. The smallest absolute Gasteiger partial charge is 0.220 e. The topological polar surface area (TPSA) is 95.6 Å². The summed E-state index contributed by atoms with van der Waals surface area (Å²) in [5.74, 6) is 3.59. The fourth-order valence-electron chi connectivity index (χ4n) is 9.02. The van der Waals surface area contributed by atoms with E-state index in [0.29, 0.717) is 49.1 Å². The molecule has 4 aliphatic carbocycles. The first kappa shape index (κ1) is 23.5.